The van der Waals surface area contributed by atoms with Crippen LogP contribution in [0.25, 0.3) is 11.5 Å². The first kappa shape index (κ1) is 20.3. The molecule has 0 aliphatic rings. The summed E-state index contributed by atoms with van der Waals surface area (Å²) in [4.78, 5) is 22.7. The Morgan fingerprint density at radius 1 is 1.25 bits per heavy atom. The van der Waals surface area contributed by atoms with E-state index in [4.69, 9.17) is 4.42 Å². The zero-order valence-electron chi connectivity index (χ0n) is 14.9. The number of nitro benzene ring substituents is 1. The maximum atomic E-state index is 12.3. The number of thioether (sulfide) groups is 1. The molecule has 3 rings (SSSR count). The predicted molar refractivity (Wildman–Crippen MR) is 114 cm³/mol. The second-order valence-electron chi connectivity index (χ2n) is 5.93. The second kappa shape index (κ2) is 8.69. The minimum absolute atomic E-state index is 0.0625. The number of aromatic nitrogens is 2. The van der Waals surface area contributed by atoms with E-state index < -0.39 is 4.92 Å². The van der Waals surface area contributed by atoms with Crippen molar-refractivity contribution in [3.63, 3.8) is 0 Å². The van der Waals surface area contributed by atoms with Crippen molar-refractivity contribution in [1.82, 2.24) is 10.2 Å². The van der Waals surface area contributed by atoms with E-state index in [1.54, 1.807) is 12.1 Å². The van der Waals surface area contributed by atoms with Crippen molar-refractivity contribution in [2.45, 2.75) is 19.1 Å². The Labute approximate surface area is 178 Å². The average molecular weight is 510 g/mol. The third kappa shape index (κ3) is 4.87. The number of non-ortho nitro benzene ring substituents is 1. The fraction of sp³-hybridized carbons (Fsp3) is 0.167. The summed E-state index contributed by atoms with van der Waals surface area (Å²) >= 11 is 3.34. The topological polar surface area (TPSA) is 111 Å². The minimum Gasteiger partial charge on any atom is -0.411 e. The molecule has 1 amide bonds. The molecule has 0 saturated heterocycles. The number of carbonyl (C=O) groups is 1. The number of anilines is 1. The van der Waals surface area contributed by atoms with Crippen LogP contribution in [0, 0.1) is 27.5 Å². The highest BCUT2D eigenvalue weighted by Crippen LogP contribution is 2.27. The molecule has 3 aromatic rings. The molecule has 0 atom stereocenters. The van der Waals surface area contributed by atoms with Crippen molar-refractivity contribution < 1.29 is 14.1 Å². The molecule has 1 aromatic heterocycles. The largest absolute Gasteiger partial charge is 0.411 e. The molecule has 144 valence electrons. The number of aryl methyl sites for hydroxylation is 2. The lowest BCUT2D eigenvalue weighted by atomic mass is 10.1. The van der Waals surface area contributed by atoms with Gasteiger partial charge in [0.1, 0.15) is 0 Å². The van der Waals surface area contributed by atoms with Crippen molar-refractivity contribution in [3.05, 3.63) is 61.2 Å². The Kier molecular flexibility index (Phi) is 6.29. The van der Waals surface area contributed by atoms with Crippen LogP contribution in [0.1, 0.15) is 11.1 Å². The second-order valence-corrected chi connectivity index (χ2v) is 8.10. The van der Waals surface area contributed by atoms with Gasteiger partial charge in [-0.3, -0.25) is 14.9 Å². The molecule has 0 aliphatic carbocycles. The number of nitrogens with zero attached hydrogens (tertiary/aromatic N) is 3. The number of hydrogen-bond donors (Lipinski definition) is 1. The van der Waals surface area contributed by atoms with Crippen LogP contribution >= 0.6 is 34.4 Å². The van der Waals surface area contributed by atoms with Crippen molar-refractivity contribution >= 4 is 51.6 Å². The van der Waals surface area contributed by atoms with Gasteiger partial charge in [-0.05, 0) is 65.8 Å². The van der Waals surface area contributed by atoms with Gasteiger partial charge in [0.05, 0.1) is 10.7 Å². The highest BCUT2D eigenvalue weighted by Gasteiger charge is 2.15. The van der Waals surface area contributed by atoms with Gasteiger partial charge in [0.25, 0.3) is 10.9 Å². The number of rotatable bonds is 6. The van der Waals surface area contributed by atoms with Crippen LogP contribution in [-0.2, 0) is 4.79 Å². The van der Waals surface area contributed by atoms with Crippen LogP contribution in [0.5, 0.6) is 0 Å². The third-order valence-electron chi connectivity index (χ3n) is 3.80. The van der Waals surface area contributed by atoms with E-state index in [1.165, 1.54) is 12.1 Å². The van der Waals surface area contributed by atoms with Crippen molar-refractivity contribution in [3.8, 4) is 11.5 Å². The van der Waals surface area contributed by atoms with E-state index in [2.05, 4.69) is 38.1 Å². The van der Waals surface area contributed by atoms with Crippen LogP contribution < -0.4 is 5.32 Å². The van der Waals surface area contributed by atoms with Gasteiger partial charge in [0, 0.05) is 27.0 Å². The van der Waals surface area contributed by atoms with Gasteiger partial charge in [0.15, 0.2) is 0 Å². The molecule has 28 heavy (non-hydrogen) atoms. The molecule has 0 unspecified atom stereocenters. The third-order valence-corrected chi connectivity index (χ3v) is 5.24. The molecule has 0 radical (unpaired) electrons. The summed E-state index contributed by atoms with van der Waals surface area (Å²) in [5, 5.41) is 21.8. The normalized spacial score (nSPS) is 10.7. The maximum Gasteiger partial charge on any atom is 0.277 e. The van der Waals surface area contributed by atoms with E-state index in [9.17, 15) is 14.9 Å². The molecule has 10 heteroatoms. The number of carbonyl (C=O) groups excluding carboxylic acids is 1. The van der Waals surface area contributed by atoms with Gasteiger partial charge in [0.2, 0.25) is 11.8 Å². The Morgan fingerprint density at radius 2 is 1.96 bits per heavy atom. The van der Waals surface area contributed by atoms with Crippen LogP contribution in [0.15, 0.2) is 46.0 Å². The van der Waals surface area contributed by atoms with Crippen LogP contribution in [0.2, 0.25) is 0 Å². The number of nitro groups is 1. The molecule has 1 N–H and O–H groups in total. The lowest BCUT2D eigenvalue weighted by Gasteiger charge is -2.11. The van der Waals surface area contributed by atoms with E-state index in [0.717, 1.165) is 32.1 Å². The maximum absolute atomic E-state index is 12.3. The van der Waals surface area contributed by atoms with Crippen molar-refractivity contribution in [1.29, 1.82) is 0 Å². The van der Waals surface area contributed by atoms with Gasteiger partial charge < -0.3 is 9.73 Å². The Balaban J connectivity index is 1.64. The first-order chi connectivity index (χ1) is 13.3. The lowest BCUT2D eigenvalue weighted by molar-refractivity contribution is -0.384. The summed E-state index contributed by atoms with van der Waals surface area (Å²) < 4.78 is 6.62. The summed E-state index contributed by atoms with van der Waals surface area (Å²) in [5.41, 5.74) is 3.17. The van der Waals surface area contributed by atoms with Gasteiger partial charge in [-0.15, -0.1) is 10.2 Å². The molecular formula is C18H15IN4O4S. The number of halogens is 1. The van der Waals surface area contributed by atoms with Crippen LogP contribution in [-0.4, -0.2) is 26.8 Å². The zero-order valence-corrected chi connectivity index (χ0v) is 17.9. The smallest absolute Gasteiger partial charge is 0.277 e. The average Bonchev–Trinajstić information content (AvgIpc) is 3.12. The zero-order chi connectivity index (χ0) is 20.3. The summed E-state index contributed by atoms with van der Waals surface area (Å²) in [5.74, 6) is 0.0741. The number of nitrogens with one attached hydrogen (secondary N) is 1. The molecule has 0 spiro atoms. The Hall–Kier alpha value is -2.47. The van der Waals surface area contributed by atoms with Gasteiger partial charge in [-0.1, -0.05) is 17.8 Å². The minimum atomic E-state index is -0.492. The lowest BCUT2D eigenvalue weighted by Crippen LogP contribution is -2.16. The molecule has 0 fully saturated rings. The van der Waals surface area contributed by atoms with E-state index >= 15 is 0 Å². The fourth-order valence-corrected chi connectivity index (χ4v) is 4.05. The molecule has 0 aliphatic heterocycles. The molecule has 8 nitrogen and oxygen atoms in total. The Morgan fingerprint density at radius 3 is 2.64 bits per heavy atom. The van der Waals surface area contributed by atoms with Gasteiger partial charge >= 0.3 is 0 Å². The van der Waals surface area contributed by atoms with Gasteiger partial charge in [-0.2, -0.15) is 0 Å². The molecule has 2 aromatic carbocycles. The first-order valence-electron chi connectivity index (χ1n) is 8.11. The summed E-state index contributed by atoms with van der Waals surface area (Å²) in [6.07, 6.45) is 0. The number of benzene rings is 2. The number of amides is 1. The Bertz CT molecular complexity index is 1030. The van der Waals surface area contributed by atoms with Crippen LogP contribution in [0.3, 0.4) is 0 Å². The summed E-state index contributed by atoms with van der Waals surface area (Å²) in [6.45, 7) is 3.89. The summed E-state index contributed by atoms with van der Waals surface area (Å²) in [6, 6.07) is 9.93. The monoisotopic (exact) mass is 510 g/mol. The van der Waals surface area contributed by atoms with Crippen LogP contribution in [0.4, 0.5) is 11.4 Å². The highest BCUT2D eigenvalue weighted by atomic mass is 127. The quantitative estimate of drug-likeness (QED) is 0.223. The van der Waals surface area contributed by atoms with Gasteiger partial charge in [-0.25, -0.2) is 0 Å². The summed E-state index contributed by atoms with van der Waals surface area (Å²) in [7, 11) is 0. The van der Waals surface area contributed by atoms with Crippen molar-refractivity contribution in [2.75, 3.05) is 11.1 Å². The predicted octanol–water partition coefficient (Wildman–Crippen LogP) is 4.60. The molecule has 0 saturated carbocycles. The van der Waals surface area contributed by atoms with E-state index in [0.29, 0.717) is 5.56 Å². The van der Waals surface area contributed by atoms with Crippen molar-refractivity contribution in [2.24, 2.45) is 0 Å². The molecular weight excluding hydrogens is 495 g/mol. The van der Waals surface area contributed by atoms with E-state index in [1.807, 2.05) is 26.0 Å². The fourth-order valence-electron chi connectivity index (χ4n) is 2.55. The SMILES string of the molecule is Cc1cc(I)cc(C)c1NC(=O)CSc1nnc(-c2cccc([N+](=O)[O-])c2)o1. The molecule has 1 heterocycles. The first-order valence-corrected chi connectivity index (χ1v) is 10.2. The van der Waals surface area contributed by atoms with E-state index in [-0.39, 0.29) is 28.5 Å². The number of hydrogen-bond acceptors (Lipinski definition) is 7. The highest BCUT2D eigenvalue weighted by molar-refractivity contribution is 14.1. The standard InChI is InChI=1S/C18H15IN4O4S/c1-10-6-13(19)7-11(2)16(10)20-15(24)9-28-18-22-21-17(27-18)12-4-3-5-14(8-12)23(25)26/h3-8H,9H2,1-2H3,(H,20,24). The molecule has 0 bridgehead atoms.